The number of fused-ring (bicyclic) bond motifs is 1. The van der Waals surface area contributed by atoms with Gasteiger partial charge < -0.3 is 14.8 Å². The van der Waals surface area contributed by atoms with Crippen molar-refractivity contribution in [2.45, 2.75) is 11.3 Å². The molecule has 0 fully saturated rings. The van der Waals surface area contributed by atoms with E-state index in [1.165, 1.54) is 20.2 Å². The van der Waals surface area contributed by atoms with Gasteiger partial charge >= 0.3 is 0 Å². The third-order valence-corrected chi connectivity index (χ3v) is 5.89. The number of likely N-dealkylation sites (N-methyl/N-ethyl adjacent to an activating group) is 1. The fourth-order valence-electron chi connectivity index (χ4n) is 2.69. The van der Waals surface area contributed by atoms with Gasteiger partial charge in [-0.15, -0.1) is 0 Å². The minimum atomic E-state index is -3.77. The van der Waals surface area contributed by atoms with Crippen LogP contribution in [0.1, 0.15) is 5.56 Å². The quantitative estimate of drug-likeness (QED) is 0.832. The molecule has 8 heteroatoms. The van der Waals surface area contributed by atoms with E-state index < -0.39 is 15.9 Å². The largest absolute Gasteiger partial charge is 0.497 e. The van der Waals surface area contributed by atoms with Gasteiger partial charge in [-0.1, -0.05) is 6.07 Å². The molecule has 0 spiro atoms. The Morgan fingerprint density at radius 2 is 2.08 bits per heavy atom. The topological polar surface area (TPSA) is 84.9 Å². The Bertz CT molecular complexity index is 927. The second-order valence-electron chi connectivity index (χ2n) is 5.91. The lowest BCUT2D eigenvalue weighted by molar-refractivity contribution is -0.116. The third kappa shape index (κ3) is 3.81. The Morgan fingerprint density at radius 3 is 2.85 bits per heavy atom. The maximum atomic E-state index is 12.7. The fourth-order valence-corrected chi connectivity index (χ4v) is 3.87. The van der Waals surface area contributed by atoms with Crippen molar-refractivity contribution in [3.8, 4) is 11.5 Å². The molecule has 2 aromatic carbocycles. The zero-order valence-electron chi connectivity index (χ0n) is 14.6. The summed E-state index contributed by atoms with van der Waals surface area (Å²) in [5, 5.41) is 2.67. The molecule has 1 heterocycles. The van der Waals surface area contributed by atoms with Gasteiger partial charge in [-0.3, -0.25) is 4.79 Å². The average molecular weight is 376 g/mol. The molecule has 7 nitrogen and oxygen atoms in total. The summed E-state index contributed by atoms with van der Waals surface area (Å²) in [5.41, 5.74) is 1.40. The molecule has 1 amide bonds. The van der Waals surface area contributed by atoms with Crippen molar-refractivity contribution in [3.63, 3.8) is 0 Å². The first-order valence-corrected chi connectivity index (χ1v) is 9.50. The molecule has 3 rings (SSSR count). The molecule has 138 valence electrons. The third-order valence-electron chi connectivity index (χ3n) is 4.09. The van der Waals surface area contributed by atoms with Crippen LogP contribution in [0.25, 0.3) is 0 Å². The number of ether oxygens (including phenoxy) is 2. The van der Waals surface area contributed by atoms with Gasteiger partial charge in [-0.05, 0) is 35.9 Å². The van der Waals surface area contributed by atoms with Crippen LogP contribution < -0.4 is 14.8 Å². The molecule has 0 bridgehead atoms. The van der Waals surface area contributed by atoms with Crippen molar-refractivity contribution in [1.82, 2.24) is 4.31 Å². The summed E-state index contributed by atoms with van der Waals surface area (Å²) in [6.07, 6.45) is 0.679. The van der Waals surface area contributed by atoms with Crippen LogP contribution >= 0.6 is 0 Å². The van der Waals surface area contributed by atoms with E-state index in [0.29, 0.717) is 30.2 Å². The smallest absolute Gasteiger partial charge is 0.243 e. The van der Waals surface area contributed by atoms with Crippen LogP contribution in [0.3, 0.4) is 0 Å². The van der Waals surface area contributed by atoms with Crippen LogP contribution in [-0.4, -0.2) is 45.9 Å². The van der Waals surface area contributed by atoms with Gasteiger partial charge in [0.25, 0.3) is 0 Å². The van der Waals surface area contributed by atoms with Crippen molar-refractivity contribution >= 4 is 21.6 Å². The van der Waals surface area contributed by atoms with Crippen LogP contribution in [0.2, 0.25) is 0 Å². The lowest BCUT2D eigenvalue weighted by Gasteiger charge is -2.17. The molecule has 26 heavy (non-hydrogen) atoms. The number of sulfonamides is 1. The van der Waals surface area contributed by atoms with E-state index in [0.717, 1.165) is 9.87 Å². The van der Waals surface area contributed by atoms with Crippen LogP contribution in [0.4, 0.5) is 5.69 Å². The van der Waals surface area contributed by atoms with Crippen LogP contribution in [0.15, 0.2) is 47.4 Å². The number of nitrogens with zero attached hydrogens (tertiary/aromatic N) is 1. The second-order valence-corrected chi connectivity index (χ2v) is 7.95. The molecule has 0 saturated heterocycles. The average Bonchev–Trinajstić information content (AvgIpc) is 3.09. The number of methoxy groups -OCH3 is 1. The summed E-state index contributed by atoms with van der Waals surface area (Å²) in [7, 11) is -0.859. The predicted molar refractivity (Wildman–Crippen MR) is 97.1 cm³/mol. The molecule has 1 aliphatic heterocycles. The van der Waals surface area contributed by atoms with Gasteiger partial charge in [0.05, 0.1) is 25.2 Å². The molecule has 1 aliphatic rings. The van der Waals surface area contributed by atoms with E-state index in [2.05, 4.69) is 5.32 Å². The zero-order chi connectivity index (χ0) is 18.7. The molecule has 0 radical (unpaired) electrons. The highest BCUT2D eigenvalue weighted by molar-refractivity contribution is 7.89. The zero-order valence-corrected chi connectivity index (χ0v) is 15.4. The summed E-state index contributed by atoms with van der Waals surface area (Å²) in [5.74, 6) is 0.875. The molecule has 1 N–H and O–H groups in total. The molecular formula is C18H20N2O5S. The van der Waals surface area contributed by atoms with Gasteiger partial charge in [-0.2, -0.15) is 4.31 Å². The Kier molecular flexibility index (Phi) is 5.15. The van der Waals surface area contributed by atoms with Gasteiger partial charge in [0.15, 0.2) is 0 Å². The number of rotatable bonds is 6. The predicted octanol–water partition coefficient (Wildman–Crippen LogP) is 1.89. The number of carbonyl (C=O) groups excluding carboxylic acids is 1. The lowest BCUT2D eigenvalue weighted by atomic mass is 10.2. The minimum Gasteiger partial charge on any atom is -0.497 e. The number of nitrogens with one attached hydrogen (secondary N) is 1. The van der Waals surface area contributed by atoms with Crippen LogP contribution in [-0.2, 0) is 21.2 Å². The number of amides is 1. The van der Waals surface area contributed by atoms with Crippen molar-refractivity contribution in [3.05, 3.63) is 48.0 Å². The van der Waals surface area contributed by atoms with E-state index >= 15 is 0 Å². The Morgan fingerprint density at radius 1 is 1.27 bits per heavy atom. The van der Waals surface area contributed by atoms with Gasteiger partial charge in [0, 0.05) is 25.2 Å². The molecule has 0 atom stereocenters. The fraction of sp³-hybridized carbons (Fsp3) is 0.278. The van der Waals surface area contributed by atoms with E-state index in [1.54, 1.807) is 36.4 Å². The number of hydrogen-bond acceptors (Lipinski definition) is 5. The van der Waals surface area contributed by atoms with E-state index in [4.69, 9.17) is 9.47 Å². The molecule has 0 aromatic heterocycles. The first-order valence-electron chi connectivity index (χ1n) is 8.06. The molecule has 0 aliphatic carbocycles. The summed E-state index contributed by atoms with van der Waals surface area (Å²) >= 11 is 0. The highest BCUT2D eigenvalue weighted by Crippen LogP contribution is 2.28. The summed E-state index contributed by atoms with van der Waals surface area (Å²) in [6.45, 7) is 0.255. The van der Waals surface area contributed by atoms with Gasteiger partial charge in [0.1, 0.15) is 11.5 Å². The van der Waals surface area contributed by atoms with E-state index in [1.807, 2.05) is 0 Å². The first-order chi connectivity index (χ1) is 12.4. The standard InChI is InChI=1S/C18H20N2O5S/c1-20(12-18(21)19-14-4-3-5-15(11-14)24-2)26(22,23)16-6-7-17-13(10-16)8-9-25-17/h3-7,10-11H,8-9,12H2,1-2H3,(H,19,21). The van der Waals surface area contributed by atoms with Crippen LogP contribution in [0, 0.1) is 0 Å². The van der Waals surface area contributed by atoms with Crippen molar-refractivity contribution < 1.29 is 22.7 Å². The van der Waals surface area contributed by atoms with Crippen molar-refractivity contribution in [1.29, 1.82) is 0 Å². The Hall–Kier alpha value is -2.58. The van der Waals surface area contributed by atoms with Crippen molar-refractivity contribution in [2.24, 2.45) is 0 Å². The number of benzene rings is 2. The molecule has 0 saturated carbocycles. The monoisotopic (exact) mass is 376 g/mol. The van der Waals surface area contributed by atoms with Crippen LogP contribution in [0.5, 0.6) is 11.5 Å². The van der Waals surface area contributed by atoms with Gasteiger partial charge in [-0.25, -0.2) is 8.42 Å². The number of hydrogen-bond donors (Lipinski definition) is 1. The van der Waals surface area contributed by atoms with E-state index in [-0.39, 0.29) is 11.4 Å². The summed E-state index contributed by atoms with van der Waals surface area (Å²) in [4.78, 5) is 12.4. The van der Waals surface area contributed by atoms with Gasteiger partial charge in [0.2, 0.25) is 15.9 Å². The SMILES string of the molecule is COc1cccc(NC(=O)CN(C)S(=O)(=O)c2ccc3c(c2)CCO3)c1. The minimum absolute atomic E-state index is 0.151. The lowest BCUT2D eigenvalue weighted by Crippen LogP contribution is -2.35. The Labute approximate surface area is 152 Å². The van der Waals surface area contributed by atoms with E-state index in [9.17, 15) is 13.2 Å². The second kappa shape index (κ2) is 7.35. The van der Waals surface area contributed by atoms with Crippen molar-refractivity contribution in [2.75, 3.05) is 32.6 Å². The first kappa shape index (κ1) is 18.2. The highest BCUT2D eigenvalue weighted by Gasteiger charge is 2.25. The summed E-state index contributed by atoms with van der Waals surface area (Å²) in [6, 6.07) is 11.6. The molecule has 0 unspecified atom stereocenters. The highest BCUT2D eigenvalue weighted by atomic mass is 32.2. The summed E-state index contributed by atoms with van der Waals surface area (Å²) < 4.78 is 36.9. The number of carbonyl (C=O) groups is 1. The molecule has 2 aromatic rings. The molecular weight excluding hydrogens is 356 g/mol. The maximum Gasteiger partial charge on any atom is 0.243 e. The maximum absolute atomic E-state index is 12.7. The number of anilines is 1. The normalized spacial score (nSPS) is 13.2. The Balaban J connectivity index is 1.69.